The minimum absolute atomic E-state index is 0.0794. The van der Waals surface area contributed by atoms with Crippen LogP contribution in [-0.4, -0.2) is 30.9 Å². The zero-order chi connectivity index (χ0) is 13.8. The van der Waals surface area contributed by atoms with E-state index in [-0.39, 0.29) is 18.3 Å². The topological polar surface area (TPSA) is 112 Å². The maximum absolute atomic E-state index is 11.7. The van der Waals surface area contributed by atoms with Crippen LogP contribution in [0.3, 0.4) is 0 Å². The van der Waals surface area contributed by atoms with Gasteiger partial charge >= 0.3 is 0 Å². The van der Waals surface area contributed by atoms with Crippen molar-refractivity contribution in [3.63, 3.8) is 0 Å². The maximum Gasteiger partial charge on any atom is 0.242 e. The molecule has 0 saturated carbocycles. The van der Waals surface area contributed by atoms with Crippen LogP contribution in [0.25, 0.3) is 0 Å². The quantitative estimate of drug-likeness (QED) is 0.773. The summed E-state index contributed by atoms with van der Waals surface area (Å²) in [5, 5.41) is 10.1. The lowest BCUT2D eigenvalue weighted by Crippen LogP contribution is -2.28. The minimum atomic E-state index is -0.174. The van der Waals surface area contributed by atoms with E-state index in [1.807, 2.05) is 13.8 Å². The normalized spacial score (nSPS) is 10.4. The monoisotopic (exact) mass is 261 g/mol. The molecule has 0 aromatic carbocycles. The van der Waals surface area contributed by atoms with Crippen LogP contribution < -0.4 is 11.1 Å². The molecule has 0 bridgehead atoms. The molecule has 3 N–H and O–H groups in total. The van der Waals surface area contributed by atoms with Gasteiger partial charge in [-0.15, -0.1) is 5.10 Å². The first-order chi connectivity index (χ1) is 9.06. The van der Waals surface area contributed by atoms with Crippen molar-refractivity contribution in [2.24, 2.45) is 0 Å². The highest BCUT2D eigenvalue weighted by Gasteiger charge is 2.08. The van der Waals surface area contributed by atoms with E-state index in [0.717, 1.165) is 17.0 Å². The number of nitrogens with zero attached hydrogens (tertiary/aromatic N) is 5. The Bertz CT molecular complexity index is 572. The second-order valence-electron chi connectivity index (χ2n) is 4.14. The zero-order valence-corrected chi connectivity index (χ0v) is 10.8. The van der Waals surface area contributed by atoms with Crippen LogP contribution in [0.2, 0.25) is 0 Å². The van der Waals surface area contributed by atoms with E-state index in [1.54, 1.807) is 0 Å². The highest BCUT2D eigenvalue weighted by molar-refractivity contribution is 5.75. The molecule has 2 aromatic heterocycles. The Morgan fingerprint density at radius 3 is 2.63 bits per heavy atom. The van der Waals surface area contributed by atoms with Gasteiger partial charge in [0.15, 0.2) is 5.82 Å². The summed E-state index contributed by atoms with van der Waals surface area (Å²) in [6, 6.07) is 0. The second kappa shape index (κ2) is 5.42. The van der Waals surface area contributed by atoms with Gasteiger partial charge in [-0.2, -0.15) is 0 Å². The molecule has 100 valence electrons. The number of carbonyl (C=O) groups excluding carboxylic acids is 1. The summed E-state index contributed by atoms with van der Waals surface area (Å²) in [4.78, 5) is 19.9. The Hall–Kier alpha value is -2.51. The van der Waals surface area contributed by atoms with Crippen molar-refractivity contribution < 1.29 is 4.79 Å². The van der Waals surface area contributed by atoms with Gasteiger partial charge in [0.1, 0.15) is 12.9 Å². The van der Waals surface area contributed by atoms with Gasteiger partial charge in [0.25, 0.3) is 0 Å². The summed E-state index contributed by atoms with van der Waals surface area (Å²) in [5.41, 5.74) is 8.06. The average Bonchev–Trinajstić information content (AvgIpc) is 2.74. The van der Waals surface area contributed by atoms with Crippen molar-refractivity contribution in [1.29, 1.82) is 0 Å². The van der Waals surface area contributed by atoms with Gasteiger partial charge < -0.3 is 11.1 Å². The number of anilines is 1. The number of hydrogen-bond donors (Lipinski definition) is 2. The van der Waals surface area contributed by atoms with E-state index < -0.39 is 0 Å². The lowest BCUT2D eigenvalue weighted by Gasteiger charge is -2.09. The largest absolute Gasteiger partial charge is 0.381 e. The number of hydrogen-bond acceptors (Lipinski definition) is 6. The van der Waals surface area contributed by atoms with Crippen molar-refractivity contribution >= 4 is 11.7 Å². The molecule has 0 fully saturated rings. The third-order valence-electron chi connectivity index (χ3n) is 2.70. The molecular formula is C11H15N7O. The van der Waals surface area contributed by atoms with Crippen LogP contribution in [0.1, 0.15) is 17.0 Å². The Morgan fingerprint density at radius 2 is 2.05 bits per heavy atom. The SMILES string of the molecule is Cc1ncnc(C)c1CNC(=O)Cn1cc(N)nn1. The van der Waals surface area contributed by atoms with Gasteiger partial charge in [-0.05, 0) is 13.8 Å². The summed E-state index contributed by atoms with van der Waals surface area (Å²) in [5.74, 6) is 0.114. The first-order valence-corrected chi connectivity index (χ1v) is 5.75. The number of nitrogens with one attached hydrogen (secondary N) is 1. The van der Waals surface area contributed by atoms with Crippen LogP contribution in [0, 0.1) is 13.8 Å². The van der Waals surface area contributed by atoms with Crippen LogP contribution in [0.5, 0.6) is 0 Å². The number of rotatable bonds is 4. The van der Waals surface area contributed by atoms with E-state index in [0.29, 0.717) is 6.54 Å². The number of carbonyl (C=O) groups is 1. The summed E-state index contributed by atoms with van der Waals surface area (Å²) in [6.45, 7) is 4.24. The molecular weight excluding hydrogens is 246 g/mol. The summed E-state index contributed by atoms with van der Waals surface area (Å²) < 4.78 is 1.38. The maximum atomic E-state index is 11.7. The molecule has 19 heavy (non-hydrogen) atoms. The first kappa shape index (κ1) is 12.9. The standard InChI is InChI=1S/C11H15N7O/c1-7-9(8(2)15-6-14-7)3-13-11(19)5-18-4-10(12)16-17-18/h4,6H,3,5,12H2,1-2H3,(H,13,19). The number of nitrogens with two attached hydrogens (primary N) is 1. The molecule has 2 rings (SSSR count). The molecule has 0 unspecified atom stereocenters. The van der Waals surface area contributed by atoms with E-state index in [9.17, 15) is 4.79 Å². The Kier molecular flexibility index (Phi) is 3.69. The molecule has 0 radical (unpaired) electrons. The first-order valence-electron chi connectivity index (χ1n) is 5.75. The van der Waals surface area contributed by atoms with Crippen molar-refractivity contribution in [2.45, 2.75) is 26.9 Å². The Labute approximate surface area is 110 Å². The van der Waals surface area contributed by atoms with E-state index in [2.05, 4.69) is 25.6 Å². The molecule has 0 spiro atoms. The van der Waals surface area contributed by atoms with Crippen molar-refractivity contribution in [3.8, 4) is 0 Å². The summed E-state index contributed by atoms with van der Waals surface area (Å²) in [7, 11) is 0. The molecule has 0 aliphatic rings. The lowest BCUT2D eigenvalue weighted by molar-refractivity contribution is -0.122. The van der Waals surface area contributed by atoms with Gasteiger partial charge in [0, 0.05) is 23.5 Å². The number of nitrogen functional groups attached to an aromatic ring is 1. The molecule has 8 nitrogen and oxygen atoms in total. The average molecular weight is 261 g/mol. The van der Waals surface area contributed by atoms with Gasteiger partial charge in [-0.1, -0.05) is 5.21 Å². The van der Waals surface area contributed by atoms with Crippen LogP contribution in [-0.2, 0) is 17.9 Å². The van der Waals surface area contributed by atoms with Gasteiger partial charge in [0.2, 0.25) is 5.91 Å². The van der Waals surface area contributed by atoms with Crippen LogP contribution in [0.15, 0.2) is 12.5 Å². The minimum Gasteiger partial charge on any atom is -0.381 e. The van der Waals surface area contributed by atoms with Gasteiger partial charge in [-0.25, -0.2) is 14.6 Å². The molecule has 2 heterocycles. The second-order valence-corrected chi connectivity index (χ2v) is 4.14. The molecule has 0 aliphatic heterocycles. The Morgan fingerprint density at radius 1 is 1.37 bits per heavy atom. The summed E-state index contributed by atoms with van der Waals surface area (Å²) in [6.07, 6.45) is 3.01. The molecule has 2 aromatic rings. The molecule has 8 heteroatoms. The molecule has 0 atom stereocenters. The Balaban J connectivity index is 1.93. The predicted octanol–water partition coefficient (Wildman–Crippen LogP) is -0.416. The van der Waals surface area contributed by atoms with Crippen molar-refractivity contribution in [2.75, 3.05) is 5.73 Å². The fraction of sp³-hybridized carbons (Fsp3) is 0.364. The molecule has 1 amide bonds. The van der Waals surface area contributed by atoms with Gasteiger partial charge in [-0.3, -0.25) is 4.79 Å². The number of aromatic nitrogens is 5. The van der Waals surface area contributed by atoms with E-state index in [1.165, 1.54) is 17.2 Å². The van der Waals surface area contributed by atoms with Crippen LogP contribution in [0.4, 0.5) is 5.82 Å². The third-order valence-corrected chi connectivity index (χ3v) is 2.70. The zero-order valence-electron chi connectivity index (χ0n) is 10.8. The number of amides is 1. The van der Waals surface area contributed by atoms with Crippen molar-refractivity contribution in [3.05, 3.63) is 29.5 Å². The highest BCUT2D eigenvalue weighted by atomic mass is 16.2. The van der Waals surface area contributed by atoms with Crippen LogP contribution >= 0.6 is 0 Å². The predicted molar refractivity (Wildman–Crippen MR) is 67.8 cm³/mol. The molecule has 0 saturated heterocycles. The van der Waals surface area contributed by atoms with Gasteiger partial charge in [0.05, 0.1) is 6.20 Å². The number of aryl methyl sites for hydroxylation is 2. The third kappa shape index (κ3) is 3.24. The van der Waals surface area contributed by atoms with Crippen molar-refractivity contribution in [1.82, 2.24) is 30.3 Å². The smallest absolute Gasteiger partial charge is 0.242 e. The van der Waals surface area contributed by atoms with E-state index in [4.69, 9.17) is 5.73 Å². The highest BCUT2D eigenvalue weighted by Crippen LogP contribution is 2.07. The fourth-order valence-corrected chi connectivity index (χ4v) is 1.66. The van der Waals surface area contributed by atoms with E-state index >= 15 is 0 Å². The fourth-order valence-electron chi connectivity index (χ4n) is 1.66. The molecule has 0 aliphatic carbocycles. The lowest BCUT2D eigenvalue weighted by atomic mass is 10.2. The summed E-state index contributed by atoms with van der Waals surface area (Å²) >= 11 is 0.